The largest absolute Gasteiger partial charge is 0.385 e. The molecule has 1 N–H and O–H groups in total. The highest BCUT2D eigenvalue weighted by Crippen LogP contribution is 2.43. The van der Waals surface area contributed by atoms with Crippen molar-refractivity contribution in [1.29, 1.82) is 0 Å². The first-order valence-corrected chi connectivity index (χ1v) is 7.95. The zero-order chi connectivity index (χ0) is 14.4. The van der Waals surface area contributed by atoms with Gasteiger partial charge in [0.25, 0.3) is 0 Å². The van der Waals surface area contributed by atoms with Crippen LogP contribution in [0.25, 0.3) is 10.9 Å². The maximum absolute atomic E-state index is 11.3. The third-order valence-electron chi connectivity index (χ3n) is 5.52. The second-order valence-electron chi connectivity index (χ2n) is 6.75. The third kappa shape index (κ3) is 2.16. The first-order chi connectivity index (χ1) is 10.2. The molecular weight excluding hydrogens is 260 g/mol. The van der Waals surface area contributed by atoms with Gasteiger partial charge in [-0.15, -0.1) is 0 Å². The highest BCUT2D eigenvalue weighted by Gasteiger charge is 2.44. The van der Waals surface area contributed by atoms with Crippen LogP contribution in [0.4, 0.5) is 0 Å². The van der Waals surface area contributed by atoms with Gasteiger partial charge in [-0.3, -0.25) is 4.98 Å². The molecular formula is C18H22N2O. The number of hydrogen-bond donors (Lipinski definition) is 1. The lowest BCUT2D eigenvalue weighted by Crippen LogP contribution is -2.55. The Labute approximate surface area is 125 Å². The molecule has 0 saturated carbocycles. The molecule has 1 aromatic carbocycles. The summed E-state index contributed by atoms with van der Waals surface area (Å²) >= 11 is 0. The zero-order valence-corrected chi connectivity index (χ0v) is 12.5. The van der Waals surface area contributed by atoms with Gasteiger partial charge in [-0.1, -0.05) is 24.6 Å². The second-order valence-corrected chi connectivity index (χ2v) is 6.75. The molecule has 2 atom stereocenters. The predicted octanol–water partition coefficient (Wildman–Crippen LogP) is 3.07. The van der Waals surface area contributed by atoms with Crippen LogP contribution in [0.5, 0.6) is 0 Å². The summed E-state index contributed by atoms with van der Waals surface area (Å²) in [6.07, 6.45) is 7.23. The Morgan fingerprint density at radius 3 is 2.71 bits per heavy atom. The van der Waals surface area contributed by atoms with Crippen LogP contribution in [0.1, 0.15) is 37.7 Å². The summed E-state index contributed by atoms with van der Waals surface area (Å²) in [4.78, 5) is 6.92. The Morgan fingerprint density at radius 1 is 1.19 bits per heavy atom. The SMILES string of the molecule is CN1C2CCCC1CC(O)(c1ccc3cccnc3c1)C2. The van der Waals surface area contributed by atoms with E-state index in [1.54, 1.807) is 0 Å². The normalized spacial score (nSPS) is 33.2. The number of aliphatic hydroxyl groups is 1. The van der Waals surface area contributed by atoms with Crippen LogP contribution in [-0.2, 0) is 5.60 Å². The van der Waals surface area contributed by atoms with Crippen molar-refractivity contribution in [2.45, 2.75) is 49.8 Å². The van der Waals surface area contributed by atoms with Gasteiger partial charge in [0.05, 0.1) is 11.1 Å². The van der Waals surface area contributed by atoms with Gasteiger partial charge in [0, 0.05) is 23.7 Å². The summed E-state index contributed by atoms with van der Waals surface area (Å²) in [6.45, 7) is 0. The van der Waals surface area contributed by atoms with Crippen molar-refractivity contribution in [2.24, 2.45) is 0 Å². The van der Waals surface area contributed by atoms with Crippen molar-refractivity contribution >= 4 is 10.9 Å². The fraction of sp³-hybridized carbons (Fsp3) is 0.500. The Bertz CT molecular complexity index is 655. The summed E-state index contributed by atoms with van der Waals surface area (Å²) in [5, 5.41) is 12.4. The molecule has 1 aromatic heterocycles. The lowest BCUT2D eigenvalue weighted by molar-refractivity contribution is -0.0874. The van der Waals surface area contributed by atoms with E-state index >= 15 is 0 Å². The summed E-state index contributed by atoms with van der Waals surface area (Å²) in [7, 11) is 2.22. The van der Waals surface area contributed by atoms with Crippen molar-refractivity contribution in [3.8, 4) is 0 Å². The molecule has 3 nitrogen and oxygen atoms in total. The van der Waals surface area contributed by atoms with Crippen LogP contribution in [0, 0.1) is 0 Å². The van der Waals surface area contributed by atoms with E-state index in [0.717, 1.165) is 29.3 Å². The molecule has 21 heavy (non-hydrogen) atoms. The van der Waals surface area contributed by atoms with Gasteiger partial charge in [0.2, 0.25) is 0 Å². The van der Waals surface area contributed by atoms with Crippen molar-refractivity contribution in [3.63, 3.8) is 0 Å². The minimum atomic E-state index is -0.687. The number of hydrogen-bond acceptors (Lipinski definition) is 3. The first-order valence-electron chi connectivity index (χ1n) is 7.95. The van der Waals surface area contributed by atoms with Gasteiger partial charge in [0.15, 0.2) is 0 Å². The molecule has 2 aromatic rings. The molecule has 0 aliphatic carbocycles. The van der Waals surface area contributed by atoms with Gasteiger partial charge < -0.3 is 10.0 Å². The van der Waals surface area contributed by atoms with Crippen LogP contribution in [-0.4, -0.2) is 34.1 Å². The van der Waals surface area contributed by atoms with Crippen LogP contribution in [0.15, 0.2) is 36.5 Å². The average molecular weight is 282 g/mol. The van der Waals surface area contributed by atoms with Crippen LogP contribution in [0.3, 0.4) is 0 Å². The van der Waals surface area contributed by atoms with E-state index in [9.17, 15) is 5.11 Å². The van der Waals surface area contributed by atoms with Crippen LogP contribution in [0.2, 0.25) is 0 Å². The van der Waals surface area contributed by atoms with E-state index < -0.39 is 5.60 Å². The molecule has 2 aliphatic heterocycles. The monoisotopic (exact) mass is 282 g/mol. The lowest BCUT2D eigenvalue weighted by atomic mass is 9.73. The Kier molecular flexibility index (Phi) is 3.02. The van der Waals surface area contributed by atoms with Gasteiger partial charge >= 0.3 is 0 Å². The standard InChI is InChI=1S/C18H22N2O/c1-20-15-5-2-6-16(20)12-18(21,11-15)14-8-7-13-4-3-9-19-17(13)10-14/h3-4,7-10,15-16,21H,2,5-6,11-12H2,1H3. The molecule has 110 valence electrons. The molecule has 4 rings (SSSR count). The minimum absolute atomic E-state index is 0.516. The molecule has 2 fully saturated rings. The quantitative estimate of drug-likeness (QED) is 0.873. The molecule has 2 unspecified atom stereocenters. The molecule has 0 amide bonds. The third-order valence-corrected chi connectivity index (χ3v) is 5.52. The molecule has 3 heterocycles. The zero-order valence-electron chi connectivity index (χ0n) is 12.5. The highest BCUT2D eigenvalue weighted by molar-refractivity contribution is 5.79. The second kappa shape index (κ2) is 4.79. The first kappa shape index (κ1) is 13.2. The molecule has 2 aliphatic rings. The Morgan fingerprint density at radius 2 is 1.95 bits per heavy atom. The van der Waals surface area contributed by atoms with E-state index in [1.807, 2.05) is 12.3 Å². The summed E-state index contributed by atoms with van der Waals surface area (Å²) < 4.78 is 0. The Balaban J connectivity index is 1.73. The molecule has 0 spiro atoms. The number of pyridine rings is 1. The van der Waals surface area contributed by atoms with E-state index in [2.05, 4.69) is 41.2 Å². The number of rotatable bonds is 1. The van der Waals surface area contributed by atoms with E-state index in [0.29, 0.717) is 12.1 Å². The smallest absolute Gasteiger partial charge is 0.0927 e. The molecule has 0 radical (unpaired) electrons. The maximum Gasteiger partial charge on any atom is 0.0927 e. The van der Waals surface area contributed by atoms with E-state index in [1.165, 1.54) is 19.3 Å². The van der Waals surface area contributed by atoms with Gasteiger partial charge in [-0.25, -0.2) is 0 Å². The minimum Gasteiger partial charge on any atom is -0.385 e. The number of piperidine rings is 2. The van der Waals surface area contributed by atoms with Crippen molar-refractivity contribution < 1.29 is 5.11 Å². The number of nitrogens with zero attached hydrogens (tertiary/aromatic N) is 2. The van der Waals surface area contributed by atoms with Crippen LogP contribution >= 0.6 is 0 Å². The number of aromatic nitrogens is 1. The van der Waals surface area contributed by atoms with Crippen molar-refractivity contribution in [1.82, 2.24) is 9.88 Å². The van der Waals surface area contributed by atoms with Gasteiger partial charge in [-0.05, 0) is 50.4 Å². The van der Waals surface area contributed by atoms with E-state index in [-0.39, 0.29) is 0 Å². The van der Waals surface area contributed by atoms with E-state index in [4.69, 9.17) is 0 Å². The summed E-state index contributed by atoms with van der Waals surface area (Å²) in [5.74, 6) is 0. The average Bonchev–Trinajstić information content (AvgIpc) is 2.49. The molecule has 2 saturated heterocycles. The summed E-state index contributed by atoms with van der Waals surface area (Å²) in [5.41, 5.74) is 1.33. The van der Waals surface area contributed by atoms with Crippen LogP contribution < -0.4 is 0 Å². The van der Waals surface area contributed by atoms with Gasteiger partial charge in [-0.2, -0.15) is 0 Å². The maximum atomic E-state index is 11.3. The molecule has 2 bridgehead atoms. The van der Waals surface area contributed by atoms with Crippen molar-refractivity contribution in [2.75, 3.05) is 7.05 Å². The molecule has 3 heteroatoms. The fourth-order valence-electron chi connectivity index (χ4n) is 4.24. The lowest BCUT2D eigenvalue weighted by Gasteiger charge is -2.50. The highest BCUT2D eigenvalue weighted by atomic mass is 16.3. The fourth-order valence-corrected chi connectivity index (χ4v) is 4.24. The van der Waals surface area contributed by atoms with Crippen molar-refractivity contribution in [3.05, 3.63) is 42.1 Å². The number of fused-ring (bicyclic) bond motifs is 3. The topological polar surface area (TPSA) is 36.4 Å². The van der Waals surface area contributed by atoms with Gasteiger partial charge in [0.1, 0.15) is 0 Å². The summed E-state index contributed by atoms with van der Waals surface area (Å²) in [6, 6.07) is 11.3. The Hall–Kier alpha value is -1.45. The predicted molar refractivity (Wildman–Crippen MR) is 84.1 cm³/mol. The number of benzene rings is 1.